The van der Waals surface area contributed by atoms with Crippen LogP contribution in [0.2, 0.25) is 5.02 Å². The zero-order chi connectivity index (χ0) is 22.0. The number of hydrogen-bond donors (Lipinski definition) is 1. The molecule has 2 atom stereocenters. The lowest BCUT2D eigenvalue weighted by Crippen LogP contribution is -2.34. The Morgan fingerprint density at radius 1 is 1.17 bits per heavy atom. The molecule has 3 rings (SSSR count). The van der Waals surface area contributed by atoms with Gasteiger partial charge in [-0.3, -0.25) is 9.59 Å². The number of carbonyl (C=O) groups excluding carboxylic acids is 2. The highest BCUT2D eigenvalue weighted by Crippen LogP contribution is 2.40. The Hall–Kier alpha value is -2.87. The quantitative estimate of drug-likeness (QED) is 0.743. The number of methoxy groups -OCH3 is 2. The SMILES string of the molecule is COc1cc(OC)c(N2C[C@@H](C(=O)N[C@H](C)c3ccc(F)c(F)c3)CC2=O)cc1Cl. The van der Waals surface area contributed by atoms with E-state index >= 15 is 0 Å². The van der Waals surface area contributed by atoms with Gasteiger partial charge in [0, 0.05) is 19.0 Å². The van der Waals surface area contributed by atoms with E-state index < -0.39 is 23.6 Å². The standard InChI is InChI=1S/C21H21ClF2N2O4/c1-11(12-4-5-15(23)16(24)6-12)25-21(28)13-7-20(27)26(10-13)17-8-14(22)18(29-2)9-19(17)30-3/h4-6,8-9,11,13H,7,10H2,1-3H3,(H,25,28)/t11-,13+/m1/s1. The average molecular weight is 439 g/mol. The first-order valence-corrected chi connectivity index (χ1v) is 9.60. The molecule has 0 bridgehead atoms. The summed E-state index contributed by atoms with van der Waals surface area (Å²) >= 11 is 6.19. The van der Waals surface area contributed by atoms with Crippen LogP contribution in [0.5, 0.6) is 11.5 Å². The molecular weight excluding hydrogens is 418 g/mol. The zero-order valence-corrected chi connectivity index (χ0v) is 17.4. The molecule has 0 aromatic heterocycles. The third-order valence-electron chi connectivity index (χ3n) is 5.04. The lowest BCUT2D eigenvalue weighted by Gasteiger charge is -2.21. The summed E-state index contributed by atoms with van der Waals surface area (Å²) in [5.41, 5.74) is 0.865. The number of anilines is 1. The van der Waals surface area contributed by atoms with Crippen LogP contribution < -0.4 is 19.7 Å². The molecule has 2 amide bonds. The number of ether oxygens (including phenoxy) is 2. The van der Waals surface area contributed by atoms with Crippen LogP contribution in [0.4, 0.5) is 14.5 Å². The van der Waals surface area contributed by atoms with Gasteiger partial charge in [0.25, 0.3) is 0 Å². The van der Waals surface area contributed by atoms with E-state index in [1.54, 1.807) is 19.1 Å². The summed E-state index contributed by atoms with van der Waals surface area (Å²) in [5, 5.41) is 3.06. The molecule has 0 unspecified atom stereocenters. The second-order valence-electron chi connectivity index (χ2n) is 6.97. The predicted octanol–water partition coefficient (Wildman–Crippen LogP) is 3.87. The molecule has 2 aromatic carbocycles. The van der Waals surface area contributed by atoms with E-state index in [1.807, 2.05) is 0 Å². The van der Waals surface area contributed by atoms with E-state index in [0.29, 0.717) is 27.8 Å². The van der Waals surface area contributed by atoms with Gasteiger partial charge in [-0.1, -0.05) is 17.7 Å². The predicted molar refractivity (Wildman–Crippen MR) is 108 cm³/mol. The number of carbonyl (C=O) groups is 2. The summed E-state index contributed by atoms with van der Waals surface area (Å²) in [6, 6.07) is 6.02. The van der Waals surface area contributed by atoms with Crippen LogP contribution >= 0.6 is 11.6 Å². The maximum atomic E-state index is 13.5. The van der Waals surface area contributed by atoms with E-state index in [-0.39, 0.29) is 24.8 Å². The Balaban J connectivity index is 1.74. The van der Waals surface area contributed by atoms with Gasteiger partial charge < -0.3 is 19.7 Å². The third kappa shape index (κ3) is 4.33. The van der Waals surface area contributed by atoms with Crippen molar-refractivity contribution in [1.29, 1.82) is 0 Å². The number of nitrogens with zero attached hydrogens (tertiary/aromatic N) is 1. The first kappa shape index (κ1) is 21.8. The van der Waals surface area contributed by atoms with Gasteiger partial charge in [0.05, 0.1) is 36.9 Å². The Bertz CT molecular complexity index is 986. The second kappa shape index (κ2) is 8.87. The normalized spacial score (nSPS) is 17.1. The number of rotatable bonds is 6. The van der Waals surface area contributed by atoms with Crippen molar-refractivity contribution in [1.82, 2.24) is 5.32 Å². The Morgan fingerprint density at radius 3 is 2.50 bits per heavy atom. The Kier molecular flexibility index (Phi) is 6.45. The number of benzene rings is 2. The van der Waals surface area contributed by atoms with Crippen molar-refractivity contribution in [2.75, 3.05) is 25.7 Å². The number of amides is 2. The van der Waals surface area contributed by atoms with Gasteiger partial charge in [0.15, 0.2) is 11.6 Å². The smallest absolute Gasteiger partial charge is 0.227 e. The van der Waals surface area contributed by atoms with Crippen molar-refractivity contribution in [2.24, 2.45) is 5.92 Å². The van der Waals surface area contributed by atoms with Crippen molar-refractivity contribution in [3.63, 3.8) is 0 Å². The summed E-state index contributed by atoms with van der Waals surface area (Å²) in [7, 11) is 2.93. The molecule has 6 nitrogen and oxygen atoms in total. The molecule has 1 aliphatic rings. The van der Waals surface area contributed by atoms with Gasteiger partial charge >= 0.3 is 0 Å². The molecule has 1 aliphatic heterocycles. The molecule has 9 heteroatoms. The molecule has 160 valence electrons. The number of nitrogens with one attached hydrogen (secondary N) is 1. The van der Waals surface area contributed by atoms with Gasteiger partial charge in [-0.2, -0.15) is 0 Å². The Labute approximate surface area is 177 Å². The van der Waals surface area contributed by atoms with Crippen molar-refractivity contribution >= 4 is 29.1 Å². The molecule has 1 N–H and O–H groups in total. The lowest BCUT2D eigenvalue weighted by atomic mass is 10.0. The second-order valence-corrected chi connectivity index (χ2v) is 7.38. The summed E-state index contributed by atoms with van der Waals surface area (Å²) in [4.78, 5) is 26.7. The van der Waals surface area contributed by atoms with E-state index in [9.17, 15) is 18.4 Å². The van der Waals surface area contributed by atoms with E-state index in [1.165, 1.54) is 25.2 Å². The topological polar surface area (TPSA) is 67.9 Å². The first-order chi connectivity index (χ1) is 14.2. The van der Waals surface area contributed by atoms with Crippen LogP contribution in [0.15, 0.2) is 30.3 Å². The highest BCUT2D eigenvalue weighted by molar-refractivity contribution is 6.32. The van der Waals surface area contributed by atoms with Crippen LogP contribution in [-0.2, 0) is 9.59 Å². The molecule has 1 fully saturated rings. The van der Waals surface area contributed by atoms with Gasteiger partial charge in [-0.25, -0.2) is 8.78 Å². The summed E-state index contributed by atoms with van der Waals surface area (Å²) in [5.74, 6) is -2.38. The van der Waals surface area contributed by atoms with Crippen LogP contribution in [0, 0.1) is 17.6 Å². The van der Waals surface area contributed by atoms with Crippen LogP contribution in [0.25, 0.3) is 0 Å². The van der Waals surface area contributed by atoms with Crippen LogP contribution in [-0.4, -0.2) is 32.6 Å². The molecular formula is C21H21ClF2N2O4. The zero-order valence-electron chi connectivity index (χ0n) is 16.7. The van der Waals surface area contributed by atoms with E-state index in [4.69, 9.17) is 21.1 Å². The molecule has 0 aliphatic carbocycles. The third-order valence-corrected chi connectivity index (χ3v) is 5.34. The minimum absolute atomic E-state index is 0.00311. The fraction of sp³-hybridized carbons (Fsp3) is 0.333. The van der Waals surface area contributed by atoms with Crippen molar-refractivity contribution in [2.45, 2.75) is 19.4 Å². The van der Waals surface area contributed by atoms with Crippen molar-refractivity contribution in [3.05, 3.63) is 52.6 Å². The van der Waals surface area contributed by atoms with E-state index in [0.717, 1.165) is 12.1 Å². The molecule has 2 aromatic rings. The van der Waals surface area contributed by atoms with Crippen molar-refractivity contribution in [3.8, 4) is 11.5 Å². The molecule has 30 heavy (non-hydrogen) atoms. The molecule has 0 radical (unpaired) electrons. The van der Waals surface area contributed by atoms with Gasteiger partial charge in [0.1, 0.15) is 11.5 Å². The molecule has 1 heterocycles. The lowest BCUT2D eigenvalue weighted by molar-refractivity contribution is -0.126. The largest absolute Gasteiger partial charge is 0.495 e. The Morgan fingerprint density at radius 2 is 1.87 bits per heavy atom. The van der Waals surface area contributed by atoms with E-state index in [2.05, 4.69) is 5.32 Å². The van der Waals surface area contributed by atoms with Crippen LogP contribution in [0.3, 0.4) is 0 Å². The molecule has 0 saturated carbocycles. The minimum Gasteiger partial charge on any atom is -0.495 e. The fourth-order valence-corrected chi connectivity index (χ4v) is 3.60. The number of halogens is 3. The highest BCUT2D eigenvalue weighted by atomic mass is 35.5. The minimum atomic E-state index is -0.987. The van der Waals surface area contributed by atoms with Gasteiger partial charge in [0.2, 0.25) is 11.8 Å². The van der Waals surface area contributed by atoms with Gasteiger partial charge in [-0.05, 0) is 30.7 Å². The summed E-state index contributed by atoms with van der Waals surface area (Å²) in [6.07, 6.45) is 0.00311. The summed E-state index contributed by atoms with van der Waals surface area (Å²) < 4.78 is 37.1. The maximum Gasteiger partial charge on any atom is 0.227 e. The van der Waals surface area contributed by atoms with Crippen molar-refractivity contribution < 1.29 is 27.8 Å². The average Bonchev–Trinajstić information content (AvgIpc) is 3.11. The first-order valence-electron chi connectivity index (χ1n) is 9.22. The summed E-state index contributed by atoms with van der Waals surface area (Å²) in [6.45, 7) is 1.79. The fourth-order valence-electron chi connectivity index (χ4n) is 3.37. The molecule has 0 spiro atoms. The monoisotopic (exact) mass is 438 g/mol. The van der Waals surface area contributed by atoms with Gasteiger partial charge in [-0.15, -0.1) is 0 Å². The number of hydrogen-bond acceptors (Lipinski definition) is 4. The van der Waals surface area contributed by atoms with Crippen LogP contribution in [0.1, 0.15) is 24.9 Å². The molecule has 1 saturated heterocycles. The highest BCUT2D eigenvalue weighted by Gasteiger charge is 2.37. The maximum absolute atomic E-state index is 13.5.